The largest absolute Gasteiger partial charge is 0.357 e. The summed E-state index contributed by atoms with van der Waals surface area (Å²) in [6, 6.07) is 6.82. The topological polar surface area (TPSA) is 65.8 Å². The number of halogens is 1. The minimum atomic E-state index is -0.213. The molecule has 1 aliphatic carbocycles. The quantitative estimate of drug-likeness (QED) is 0.605. The van der Waals surface area contributed by atoms with Crippen molar-refractivity contribution >= 4 is 17.6 Å². The third-order valence-corrected chi connectivity index (χ3v) is 6.16. The summed E-state index contributed by atoms with van der Waals surface area (Å²) in [5.41, 5.74) is 1.94. The Labute approximate surface area is 176 Å². The van der Waals surface area contributed by atoms with Crippen molar-refractivity contribution in [3.05, 3.63) is 48.0 Å². The van der Waals surface area contributed by atoms with Crippen molar-refractivity contribution in [2.24, 2.45) is 12.0 Å². The van der Waals surface area contributed by atoms with E-state index < -0.39 is 0 Å². The number of benzene rings is 1. The number of amides is 1. The van der Waals surface area contributed by atoms with E-state index in [2.05, 4.69) is 10.4 Å². The van der Waals surface area contributed by atoms with Crippen LogP contribution in [-0.4, -0.2) is 59.3 Å². The van der Waals surface area contributed by atoms with E-state index in [0.29, 0.717) is 19.6 Å². The van der Waals surface area contributed by atoms with Crippen LogP contribution in [0.15, 0.2) is 41.7 Å². The highest BCUT2D eigenvalue weighted by Gasteiger charge is 2.39. The molecule has 1 aromatic heterocycles. The number of piperazine rings is 1. The standard InChI is InChI=1S/C22H29FN6O/c1-3-24-21(25-16-22(9-4-10-22)17-5-7-18(23)8-6-17)28-11-12-29(20(30)15-28)19-13-26-27(2)14-19/h5-8,13-14H,3-4,9-12,15-16H2,1-2H3,(H,24,25). The highest BCUT2D eigenvalue weighted by atomic mass is 19.1. The maximum absolute atomic E-state index is 13.4. The van der Waals surface area contributed by atoms with Gasteiger partial charge >= 0.3 is 0 Å². The van der Waals surface area contributed by atoms with Gasteiger partial charge in [-0.3, -0.25) is 14.5 Å². The maximum Gasteiger partial charge on any atom is 0.246 e. The first-order valence-electron chi connectivity index (χ1n) is 10.6. The predicted molar refractivity (Wildman–Crippen MR) is 115 cm³/mol. The first kappa shape index (κ1) is 20.4. The fourth-order valence-corrected chi connectivity index (χ4v) is 4.27. The van der Waals surface area contributed by atoms with E-state index in [1.807, 2.05) is 37.2 Å². The number of aryl methyl sites for hydroxylation is 1. The third-order valence-electron chi connectivity index (χ3n) is 6.16. The van der Waals surface area contributed by atoms with Crippen molar-refractivity contribution in [3.63, 3.8) is 0 Å². The second-order valence-corrected chi connectivity index (χ2v) is 8.15. The lowest BCUT2D eigenvalue weighted by Crippen LogP contribution is -2.55. The SMILES string of the molecule is CCNC(=NCC1(c2ccc(F)cc2)CCC1)N1CCN(c2cnn(C)c2)C(=O)C1. The molecular weight excluding hydrogens is 383 g/mol. The predicted octanol–water partition coefficient (Wildman–Crippen LogP) is 2.30. The molecule has 1 aliphatic heterocycles. The van der Waals surface area contributed by atoms with Crippen molar-refractivity contribution < 1.29 is 9.18 Å². The number of aromatic nitrogens is 2. The van der Waals surface area contributed by atoms with E-state index in [9.17, 15) is 9.18 Å². The molecule has 2 heterocycles. The number of carbonyl (C=O) groups is 1. The van der Waals surface area contributed by atoms with Crippen LogP contribution in [0.5, 0.6) is 0 Å². The minimum Gasteiger partial charge on any atom is -0.357 e. The maximum atomic E-state index is 13.4. The van der Waals surface area contributed by atoms with Crippen molar-refractivity contribution in [1.29, 1.82) is 0 Å². The molecule has 2 fully saturated rings. The molecule has 4 rings (SSSR count). The Morgan fingerprint density at radius 3 is 2.60 bits per heavy atom. The van der Waals surface area contributed by atoms with Crippen LogP contribution < -0.4 is 10.2 Å². The van der Waals surface area contributed by atoms with E-state index in [-0.39, 0.29) is 23.7 Å². The Balaban J connectivity index is 1.47. The summed E-state index contributed by atoms with van der Waals surface area (Å²) in [6.45, 7) is 4.98. The van der Waals surface area contributed by atoms with Gasteiger partial charge in [0.1, 0.15) is 12.4 Å². The van der Waals surface area contributed by atoms with Gasteiger partial charge in [-0.25, -0.2) is 4.39 Å². The normalized spacial score (nSPS) is 19.0. The molecule has 160 valence electrons. The summed E-state index contributed by atoms with van der Waals surface area (Å²) in [4.78, 5) is 21.5. The highest BCUT2D eigenvalue weighted by molar-refractivity contribution is 5.98. The molecule has 0 unspecified atom stereocenters. The van der Waals surface area contributed by atoms with Crippen molar-refractivity contribution in [1.82, 2.24) is 20.0 Å². The number of nitrogens with one attached hydrogen (secondary N) is 1. The second-order valence-electron chi connectivity index (χ2n) is 8.15. The summed E-state index contributed by atoms with van der Waals surface area (Å²) in [5, 5.41) is 7.51. The minimum absolute atomic E-state index is 0.0318. The number of rotatable bonds is 5. The second kappa shape index (κ2) is 8.45. The van der Waals surface area contributed by atoms with Gasteiger partial charge in [-0.15, -0.1) is 0 Å². The molecule has 0 atom stereocenters. The molecule has 0 radical (unpaired) electrons. The Morgan fingerprint density at radius 1 is 1.27 bits per heavy atom. The molecule has 1 N–H and O–H groups in total. The zero-order chi connectivity index (χ0) is 21.1. The van der Waals surface area contributed by atoms with Crippen LogP contribution in [0.3, 0.4) is 0 Å². The molecular formula is C22H29FN6O. The number of aliphatic imine (C=N–C) groups is 1. The number of guanidine groups is 1. The third kappa shape index (κ3) is 4.04. The smallest absolute Gasteiger partial charge is 0.246 e. The lowest BCUT2D eigenvalue weighted by atomic mass is 9.64. The van der Waals surface area contributed by atoms with E-state index >= 15 is 0 Å². The summed E-state index contributed by atoms with van der Waals surface area (Å²) >= 11 is 0. The zero-order valence-electron chi connectivity index (χ0n) is 17.6. The molecule has 0 spiro atoms. The molecule has 1 amide bonds. The van der Waals surface area contributed by atoms with Crippen molar-refractivity contribution in [3.8, 4) is 0 Å². The Hall–Kier alpha value is -2.90. The van der Waals surface area contributed by atoms with Crippen LogP contribution in [0.4, 0.5) is 10.1 Å². The Kier molecular flexibility index (Phi) is 5.74. The average molecular weight is 413 g/mol. The van der Waals surface area contributed by atoms with Gasteiger partial charge in [0.15, 0.2) is 5.96 Å². The van der Waals surface area contributed by atoms with Crippen LogP contribution in [0.1, 0.15) is 31.7 Å². The van der Waals surface area contributed by atoms with Gasteiger partial charge in [0, 0.05) is 38.3 Å². The average Bonchev–Trinajstić information content (AvgIpc) is 3.13. The van der Waals surface area contributed by atoms with E-state index in [1.165, 1.54) is 12.1 Å². The Morgan fingerprint density at radius 2 is 2.03 bits per heavy atom. The molecule has 8 heteroatoms. The van der Waals surface area contributed by atoms with Gasteiger partial charge in [0.2, 0.25) is 5.91 Å². The fraction of sp³-hybridized carbons (Fsp3) is 0.500. The van der Waals surface area contributed by atoms with E-state index in [4.69, 9.17) is 4.99 Å². The van der Waals surface area contributed by atoms with Crippen molar-refractivity contribution in [2.75, 3.05) is 37.6 Å². The molecule has 1 aromatic carbocycles. The summed E-state index contributed by atoms with van der Waals surface area (Å²) in [5.74, 6) is 0.594. The van der Waals surface area contributed by atoms with E-state index in [0.717, 1.165) is 43.0 Å². The molecule has 2 aromatic rings. The molecule has 1 saturated carbocycles. The number of hydrogen-bond donors (Lipinski definition) is 1. The molecule has 0 bridgehead atoms. The van der Waals surface area contributed by atoms with Gasteiger partial charge in [-0.1, -0.05) is 18.6 Å². The van der Waals surface area contributed by atoms with Crippen LogP contribution in [0.25, 0.3) is 0 Å². The zero-order valence-corrected chi connectivity index (χ0v) is 17.6. The van der Waals surface area contributed by atoms with Crippen LogP contribution in [0, 0.1) is 5.82 Å². The molecule has 1 saturated heterocycles. The lowest BCUT2D eigenvalue weighted by Gasteiger charge is -2.42. The molecule has 2 aliphatic rings. The number of nitrogens with zero attached hydrogens (tertiary/aromatic N) is 5. The van der Waals surface area contributed by atoms with Gasteiger partial charge < -0.3 is 15.1 Å². The van der Waals surface area contributed by atoms with Gasteiger partial charge in [0.25, 0.3) is 0 Å². The number of hydrogen-bond acceptors (Lipinski definition) is 3. The number of carbonyl (C=O) groups excluding carboxylic acids is 1. The fourth-order valence-electron chi connectivity index (χ4n) is 4.27. The first-order chi connectivity index (χ1) is 14.5. The van der Waals surface area contributed by atoms with Gasteiger partial charge in [0.05, 0.1) is 18.4 Å². The monoisotopic (exact) mass is 412 g/mol. The molecule has 30 heavy (non-hydrogen) atoms. The first-order valence-corrected chi connectivity index (χ1v) is 10.6. The highest BCUT2D eigenvalue weighted by Crippen LogP contribution is 2.44. The van der Waals surface area contributed by atoms with Crippen LogP contribution in [-0.2, 0) is 17.3 Å². The van der Waals surface area contributed by atoms with Gasteiger partial charge in [-0.05, 0) is 37.5 Å². The van der Waals surface area contributed by atoms with E-state index in [1.54, 1.807) is 15.8 Å². The summed E-state index contributed by atoms with van der Waals surface area (Å²) < 4.78 is 15.1. The lowest BCUT2D eigenvalue weighted by molar-refractivity contribution is -0.120. The van der Waals surface area contributed by atoms with Gasteiger partial charge in [-0.2, -0.15) is 5.10 Å². The number of anilines is 1. The molecule has 7 nitrogen and oxygen atoms in total. The summed E-state index contributed by atoms with van der Waals surface area (Å²) in [6.07, 6.45) is 6.84. The van der Waals surface area contributed by atoms with Crippen LogP contribution >= 0.6 is 0 Å². The van der Waals surface area contributed by atoms with Crippen molar-refractivity contribution in [2.45, 2.75) is 31.6 Å². The summed E-state index contributed by atoms with van der Waals surface area (Å²) in [7, 11) is 1.84. The Bertz CT molecular complexity index is 918. The van der Waals surface area contributed by atoms with Crippen LogP contribution in [0.2, 0.25) is 0 Å².